The Morgan fingerprint density at radius 2 is 1.68 bits per heavy atom. The molecule has 0 spiro atoms. The Hall–Kier alpha value is -2.18. The van der Waals surface area contributed by atoms with E-state index in [-0.39, 0.29) is 17.9 Å². The SMILES string of the molecule is CC(C)c1ccc(C(NC(=O)CN2CCCN(C(=O)c3ccsc3)CC2)C(C)C)cc1. The Morgan fingerprint density at radius 3 is 2.29 bits per heavy atom. The van der Waals surface area contributed by atoms with Crippen molar-refractivity contribution < 1.29 is 9.59 Å². The van der Waals surface area contributed by atoms with E-state index in [9.17, 15) is 9.59 Å². The molecular weight excluding hydrogens is 406 g/mol. The van der Waals surface area contributed by atoms with Crippen molar-refractivity contribution in [3.63, 3.8) is 0 Å². The predicted molar refractivity (Wildman–Crippen MR) is 128 cm³/mol. The molecule has 1 saturated heterocycles. The van der Waals surface area contributed by atoms with E-state index in [1.165, 1.54) is 5.56 Å². The van der Waals surface area contributed by atoms with Crippen LogP contribution in [0, 0.1) is 5.92 Å². The van der Waals surface area contributed by atoms with Crippen LogP contribution in [0.1, 0.15) is 67.6 Å². The fourth-order valence-electron chi connectivity index (χ4n) is 4.05. The smallest absolute Gasteiger partial charge is 0.254 e. The van der Waals surface area contributed by atoms with Gasteiger partial charge in [-0.3, -0.25) is 14.5 Å². The second-order valence-corrected chi connectivity index (χ2v) is 9.82. The van der Waals surface area contributed by atoms with E-state index in [1.807, 2.05) is 21.7 Å². The number of hydrogen-bond donors (Lipinski definition) is 1. The van der Waals surface area contributed by atoms with Crippen LogP contribution in [-0.4, -0.2) is 54.3 Å². The van der Waals surface area contributed by atoms with Crippen LogP contribution >= 0.6 is 11.3 Å². The van der Waals surface area contributed by atoms with Crippen molar-refractivity contribution in [3.8, 4) is 0 Å². The first-order valence-electron chi connectivity index (χ1n) is 11.3. The van der Waals surface area contributed by atoms with Gasteiger partial charge in [0.1, 0.15) is 0 Å². The highest BCUT2D eigenvalue weighted by molar-refractivity contribution is 7.08. The zero-order chi connectivity index (χ0) is 22.4. The molecule has 1 atom stereocenters. The van der Waals surface area contributed by atoms with E-state index >= 15 is 0 Å². The molecular formula is C25H35N3O2S. The molecule has 0 aliphatic carbocycles. The monoisotopic (exact) mass is 441 g/mol. The fraction of sp³-hybridized carbons (Fsp3) is 0.520. The number of rotatable bonds is 7. The van der Waals surface area contributed by atoms with Crippen molar-refractivity contribution in [3.05, 3.63) is 57.8 Å². The first-order valence-corrected chi connectivity index (χ1v) is 12.2. The van der Waals surface area contributed by atoms with Crippen LogP contribution in [0.2, 0.25) is 0 Å². The molecule has 168 valence electrons. The van der Waals surface area contributed by atoms with E-state index in [4.69, 9.17) is 0 Å². The quantitative estimate of drug-likeness (QED) is 0.687. The van der Waals surface area contributed by atoms with Gasteiger partial charge in [0.05, 0.1) is 18.2 Å². The molecule has 1 aromatic heterocycles. The van der Waals surface area contributed by atoms with Crippen molar-refractivity contribution in [2.45, 2.75) is 46.1 Å². The van der Waals surface area contributed by atoms with Gasteiger partial charge >= 0.3 is 0 Å². The summed E-state index contributed by atoms with van der Waals surface area (Å²) in [5.74, 6) is 0.939. The van der Waals surface area contributed by atoms with Crippen molar-refractivity contribution in [2.75, 3.05) is 32.7 Å². The average molecular weight is 442 g/mol. The first kappa shape index (κ1) is 23.5. The van der Waals surface area contributed by atoms with E-state index < -0.39 is 0 Å². The minimum Gasteiger partial charge on any atom is -0.348 e. The standard InChI is InChI=1S/C25H35N3O2S/c1-18(2)20-6-8-21(9-7-20)24(19(3)4)26-23(29)16-27-11-5-12-28(14-13-27)25(30)22-10-15-31-17-22/h6-10,15,17-19,24H,5,11-14,16H2,1-4H3,(H,26,29). The maximum atomic E-state index is 12.9. The summed E-state index contributed by atoms with van der Waals surface area (Å²) in [4.78, 5) is 29.5. The Kier molecular flexibility index (Phi) is 8.27. The molecule has 1 N–H and O–H groups in total. The zero-order valence-electron chi connectivity index (χ0n) is 19.1. The van der Waals surface area contributed by atoms with Gasteiger partial charge in [-0.25, -0.2) is 0 Å². The lowest BCUT2D eigenvalue weighted by Crippen LogP contribution is -2.42. The molecule has 2 heterocycles. The number of benzene rings is 1. The largest absolute Gasteiger partial charge is 0.348 e. The van der Waals surface area contributed by atoms with E-state index in [2.05, 4.69) is 62.2 Å². The van der Waals surface area contributed by atoms with Gasteiger partial charge in [-0.2, -0.15) is 11.3 Å². The van der Waals surface area contributed by atoms with Crippen LogP contribution in [-0.2, 0) is 4.79 Å². The highest BCUT2D eigenvalue weighted by atomic mass is 32.1. The number of carbonyl (C=O) groups is 2. The summed E-state index contributed by atoms with van der Waals surface area (Å²) >= 11 is 1.54. The van der Waals surface area contributed by atoms with Crippen LogP contribution in [0.15, 0.2) is 41.1 Å². The summed E-state index contributed by atoms with van der Waals surface area (Å²) in [5, 5.41) is 7.08. The summed E-state index contributed by atoms with van der Waals surface area (Å²) in [6.45, 7) is 12.0. The summed E-state index contributed by atoms with van der Waals surface area (Å²) in [7, 11) is 0. The van der Waals surface area contributed by atoms with Gasteiger partial charge in [-0.15, -0.1) is 0 Å². The highest BCUT2D eigenvalue weighted by Crippen LogP contribution is 2.24. The third-order valence-electron chi connectivity index (χ3n) is 5.96. The van der Waals surface area contributed by atoms with E-state index in [0.717, 1.165) is 37.2 Å². The summed E-state index contributed by atoms with van der Waals surface area (Å²) in [5.41, 5.74) is 3.22. The number of nitrogens with one attached hydrogen (secondary N) is 1. The molecule has 3 rings (SSSR count). The van der Waals surface area contributed by atoms with Gasteiger partial charge in [-0.05, 0) is 40.8 Å². The summed E-state index contributed by atoms with van der Waals surface area (Å²) in [6.07, 6.45) is 0.882. The Morgan fingerprint density at radius 1 is 0.968 bits per heavy atom. The first-order chi connectivity index (χ1) is 14.8. The van der Waals surface area contributed by atoms with Crippen LogP contribution in [0.4, 0.5) is 0 Å². The maximum absolute atomic E-state index is 12.9. The number of amides is 2. The minimum atomic E-state index is -0.00245. The second kappa shape index (κ2) is 10.9. The van der Waals surface area contributed by atoms with Crippen molar-refractivity contribution >= 4 is 23.2 Å². The fourth-order valence-corrected chi connectivity index (χ4v) is 4.68. The molecule has 2 aromatic rings. The van der Waals surface area contributed by atoms with Crippen molar-refractivity contribution in [1.82, 2.24) is 15.1 Å². The molecule has 1 aliphatic rings. The third-order valence-corrected chi connectivity index (χ3v) is 6.64. The normalized spacial score (nSPS) is 16.4. The topological polar surface area (TPSA) is 52.7 Å². The van der Waals surface area contributed by atoms with Gasteiger partial charge in [-0.1, -0.05) is 52.0 Å². The molecule has 1 aromatic carbocycles. The van der Waals surface area contributed by atoms with Crippen molar-refractivity contribution in [1.29, 1.82) is 0 Å². The molecule has 2 amide bonds. The lowest BCUT2D eigenvalue weighted by atomic mass is 9.93. The van der Waals surface area contributed by atoms with Crippen LogP contribution < -0.4 is 5.32 Å². The van der Waals surface area contributed by atoms with Crippen LogP contribution in [0.3, 0.4) is 0 Å². The van der Waals surface area contributed by atoms with Gasteiger partial charge in [0.15, 0.2) is 0 Å². The number of carbonyl (C=O) groups excluding carboxylic acids is 2. The summed E-state index contributed by atoms with van der Waals surface area (Å²) in [6, 6.07) is 10.5. The van der Waals surface area contributed by atoms with Gasteiger partial charge < -0.3 is 10.2 Å². The molecule has 0 bridgehead atoms. The van der Waals surface area contributed by atoms with Gasteiger partial charge in [0.25, 0.3) is 5.91 Å². The van der Waals surface area contributed by atoms with Crippen LogP contribution in [0.25, 0.3) is 0 Å². The molecule has 1 fully saturated rings. The molecule has 0 saturated carbocycles. The van der Waals surface area contributed by atoms with Gasteiger partial charge in [0.2, 0.25) is 5.91 Å². The second-order valence-electron chi connectivity index (χ2n) is 9.04. The van der Waals surface area contributed by atoms with Crippen molar-refractivity contribution in [2.24, 2.45) is 5.92 Å². The molecule has 6 heteroatoms. The molecule has 1 aliphatic heterocycles. The lowest BCUT2D eigenvalue weighted by molar-refractivity contribution is -0.123. The lowest BCUT2D eigenvalue weighted by Gasteiger charge is -2.26. The highest BCUT2D eigenvalue weighted by Gasteiger charge is 2.23. The maximum Gasteiger partial charge on any atom is 0.254 e. The molecule has 1 unspecified atom stereocenters. The predicted octanol–water partition coefficient (Wildman–Crippen LogP) is 4.53. The van der Waals surface area contributed by atoms with E-state index in [0.29, 0.717) is 24.9 Å². The average Bonchev–Trinajstić information content (AvgIpc) is 3.19. The Bertz CT molecular complexity index is 846. The molecule has 31 heavy (non-hydrogen) atoms. The molecule has 5 nitrogen and oxygen atoms in total. The Labute approximate surface area is 190 Å². The minimum absolute atomic E-state index is 0.00245. The third kappa shape index (κ3) is 6.40. The number of thiophene rings is 1. The Balaban J connectivity index is 1.55. The van der Waals surface area contributed by atoms with Crippen LogP contribution in [0.5, 0.6) is 0 Å². The zero-order valence-corrected chi connectivity index (χ0v) is 20.0. The summed E-state index contributed by atoms with van der Waals surface area (Å²) < 4.78 is 0. The molecule has 0 radical (unpaired) electrons. The number of hydrogen-bond acceptors (Lipinski definition) is 4. The number of nitrogens with zero attached hydrogens (tertiary/aromatic N) is 2. The van der Waals surface area contributed by atoms with E-state index in [1.54, 1.807) is 11.3 Å². The van der Waals surface area contributed by atoms with Gasteiger partial charge in [0, 0.05) is 31.6 Å².